The number of aromatic nitrogens is 2. The zero-order valence-corrected chi connectivity index (χ0v) is 18.3. The Bertz CT molecular complexity index is 1070. The van der Waals surface area contributed by atoms with Crippen LogP contribution in [-0.2, 0) is 34.0 Å². The molecule has 0 amide bonds. The van der Waals surface area contributed by atoms with E-state index in [1.807, 2.05) is 60.7 Å². The van der Waals surface area contributed by atoms with Crippen molar-refractivity contribution in [3.8, 4) is 0 Å². The third kappa shape index (κ3) is 7.37. The lowest BCUT2D eigenvalue weighted by atomic mass is 10.2. The van der Waals surface area contributed by atoms with E-state index in [4.69, 9.17) is 14.2 Å². The quantitative estimate of drug-likeness (QED) is 0.387. The molecular formula is C25H28N2O6. The predicted octanol–water partition coefficient (Wildman–Crippen LogP) is 2.53. The standard InChI is InChI=1S/C25H28N2O6/c1-2-23(27-13-21(14-28)24(29)26-25(27)30)33-22(17-31-15-19-9-5-3-6-10-19)18-32-16-20-11-7-4-8-12-20/h2-13,22-23,28H,1,14-18H2,(H,26,29,30)/t23-/m0/s1. The van der Waals surface area contributed by atoms with E-state index in [1.165, 1.54) is 16.8 Å². The molecule has 0 fully saturated rings. The number of aliphatic hydroxyl groups is 1. The van der Waals surface area contributed by atoms with E-state index in [-0.39, 0.29) is 18.8 Å². The van der Waals surface area contributed by atoms with Crippen molar-refractivity contribution in [2.45, 2.75) is 32.2 Å². The Morgan fingerprint density at radius 2 is 1.48 bits per heavy atom. The number of nitrogens with one attached hydrogen (secondary N) is 1. The number of aromatic amines is 1. The summed E-state index contributed by atoms with van der Waals surface area (Å²) in [5.41, 5.74) is 0.770. The maximum absolute atomic E-state index is 12.3. The molecule has 3 rings (SSSR count). The molecule has 2 N–H and O–H groups in total. The summed E-state index contributed by atoms with van der Waals surface area (Å²) in [7, 11) is 0. The Morgan fingerprint density at radius 3 is 1.97 bits per heavy atom. The highest BCUT2D eigenvalue weighted by molar-refractivity contribution is 5.14. The zero-order chi connectivity index (χ0) is 23.5. The monoisotopic (exact) mass is 452 g/mol. The second-order valence-electron chi connectivity index (χ2n) is 7.36. The highest BCUT2D eigenvalue weighted by Gasteiger charge is 2.19. The number of nitrogens with zero attached hydrogens (tertiary/aromatic N) is 1. The fraction of sp³-hybridized carbons (Fsp3) is 0.280. The fourth-order valence-corrected chi connectivity index (χ4v) is 3.15. The minimum Gasteiger partial charge on any atom is -0.391 e. The maximum atomic E-state index is 12.3. The van der Waals surface area contributed by atoms with Gasteiger partial charge >= 0.3 is 5.69 Å². The molecule has 33 heavy (non-hydrogen) atoms. The second-order valence-corrected chi connectivity index (χ2v) is 7.36. The molecule has 0 saturated carbocycles. The van der Waals surface area contributed by atoms with Crippen LogP contribution in [0.25, 0.3) is 0 Å². The van der Waals surface area contributed by atoms with Gasteiger partial charge in [0.25, 0.3) is 5.56 Å². The van der Waals surface area contributed by atoms with Crippen LogP contribution >= 0.6 is 0 Å². The van der Waals surface area contributed by atoms with Crippen molar-refractivity contribution in [2.75, 3.05) is 13.2 Å². The molecule has 8 heteroatoms. The first-order valence-corrected chi connectivity index (χ1v) is 10.6. The lowest BCUT2D eigenvalue weighted by Gasteiger charge is -2.24. The van der Waals surface area contributed by atoms with Gasteiger partial charge in [0.15, 0.2) is 6.23 Å². The molecule has 0 radical (unpaired) electrons. The summed E-state index contributed by atoms with van der Waals surface area (Å²) in [6, 6.07) is 19.5. The third-order valence-electron chi connectivity index (χ3n) is 4.85. The topological polar surface area (TPSA) is 103 Å². The normalized spacial score (nSPS) is 12.1. The summed E-state index contributed by atoms with van der Waals surface area (Å²) in [5.74, 6) is 0. The van der Waals surface area contributed by atoms with Crippen molar-refractivity contribution in [3.05, 3.63) is 117 Å². The van der Waals surface area contributed by atoms with Gasteiger partial charge in [-0.25, -0.2) is 4.79 Å². The molecule has 3 aromatic rings. The van der Waals surface area contributed by atoms with Gasteiger partial charge < -0.3 is 19.3 Å². The molecule has 0 saturated heterocycles. The maximum Gasteiger partial charge on any atom is 0.330 e. The Balaban J connectivity index is 1.69. The van der Waals surface area contributed by atoms with Gasteiger partial charge in [-0.3, -0.25) is 14.3 Å². The Hall–Kier alpha value is -3.30. The molecule has 1 aromatic heterocycles. The molecule has 1 atom stereocenters. The smallest absolute Gasteiger partial charge is 0.330 e. The first-order chi connectivity index (χ1) is 16.1. The van der Waals surface area contributed by atoms with E-state index in [0.717, 1.165) is 11.1 Å². The summed E-state index contributed by atoms with van der Waals surface area (Å²) < 4.78 is 18.9. The molecule has 0 bridgehead atoms. The van der Waals surface area contributed by atoms with Crippen LogP contribution < -0.4 is 11.2 Å². The number of ether oxygens (including phenoxy) is 3. The van der Waals surface area contributed by atoms with E-state index in [1.54, 1.807) is 0 Å². The molecule has 1 heterocycles. The average Bonchev–Trinajstić information content (AvgIpc) is 2.84. The highest BCUT2D eigenvalue weighted by atomic mass is 16.6. The highest BCUT2D eigenvalue weighted by Crippen LogP contribution is 2.13. The fourth-order valence-electron chi connectivity index (χ4n) is 3.15. The van der Waals surface area contributed by atoms with Crippen molar-refractivity contribution >= 4 is 0 Å². The van der Waals surface area contributed by atoms with Crippen molar-refractivity contribution in [3.63, 3.8) is 0 Å². The third-order valence-corrected chi connectivity index (χ3v) is 4.85. The van der Waals surface area contributed by atoms with Gasteiger partial charge in [-0.15, -0.1) is 0 Å². The number of aliphatic hydroxyl groups excluding tert-OH is 1. The van der Waals surface area contributed by atoms with Crippen LogP contribution in [0.5, 0.6) is 0 Å². The summed E-state index contributed by atoms with van der Waals surface area (Å²) in [5, 5.41) is 9.38. The Labute approximate surface area is 191 Å². The van der Waals surface area contributed by atoms with Gasteiger partial charge in [0.05, 0.1) is 38.6 Å². The average molecular weight is 453 g/mol. The van der Waals surface area contributed by atoms with E-state index < -0.39 is 30.2 Å². The number of hydrogen-bond acceptors (Lipinski definition) is 6. The van der Waals surface area contributed by atoms with E-state index >= 15 is 0 Å². The SMILES string of the molecule is C=C[C@H](OC(COCc1ccccc1)COCc1ccccc1)n1cc(CO)c(=O)[nH]c1=O. The minimum absolute atomic E-state index is 0.0438. The molecule has 0 spiro atoms. The molecule has 174 valence electrons. The Kier molecular flexibility index (Phi) is 9.34. The van der Waals surface area contributed by atoms with Gasteiger partial charge in [0, 0.05) is 6.20 Å². The van der Waals surface area contributed by atoms with Gasteiger partial charge in [0.1, 0.15) is 6.10 Å². The van der Waals surface area contributed by atoms with Gasteiger partial charge in [0.2, 0.25) is 0 Å². The number of rotatable bonds is 13. The molecule has 0 unspecified atom stereocenters. The zero-order valence-electron chi connectivity index (χ0n) is 18.3. The summed E-state index contributed by atoms with van der Waals surface area (Å²) >= 11 is 0. The largest absolute Gasteiger partial charge is 0.391 e. The summed E-state index contributed by atoms with van der Waals surface area (Å²) in [6.45, 7) is 4.44. The Morgan fingerprint density at radius 1 is 0.939 bits per heavy atom. The number of benzene rings is 2. The van der Waals surface area contributed by atoms with E-state index in [9.17, 15) is 14.7 Å². The van der Waals surface area contributed by atoms with Crippen LogP contribution in [0.4, 0.5) is 0 Å². The minimum atomic E-state index is -0.898. The van der Waals surface area contributed by atoms with E-state index in [0.29, 0.717) is 13.2 Å². The van der Waals surface area contributed by atoms with Gasteiger partial charge in [-0.1, -0.05) is 67.2 Å². The van der Waals surface area contributed by atoms with Crippen molar-refractivity contribution in [2.24, 2.45) is 0 Å². The van der Waals surface area contributed by atoms with Crippen LogP contribution in [0.2, 0.25) is 0 Å². The van der Waals surface area contributed by atoms with Crippen molar-refractivity contribution < 1.29 is 19.3 Å². The summed E-state index contributed by atoms with van der Waals surface area (Å²) in [6.07, 6.45) is 1.27. The van der Waals surface area contributed by atoms with Crippen LogP contribution in [-0.4, -0.2) is 34.0 Å². The number of H-pyrrole nitrogens is 1. The van der Waals surface area contributed by atoms with Crippen LogP contribution in [0.15, 0.2) is 89.1 Å². The van der Waals surface area contributed by atoms with Crippen LogP contribution in [0, 0.1) is 0 Å². The van der Waals surface area contributed by atoms with E-state index in [2.05, 4.69) is 11.6 Å². The molecule has 0 aliphatic rings. The predicted molar refractivity (Wildman–Crippen MR) is 124 cm³/mol. The lowest BCUT2D eigenvalue weighted by molar-refractivity contribution is -0.105. The number of hydrogen-bond donors (Lipinski definition) is 2. The molecule has 0 aliphatic carbocycles. The first-order valence-electron chi connectivity index (χ1n) is 10.6. The molecule has 8 nitrogen and oxygen atoms in total. The first kappa shape index (κ1) is 24.3. The molecule has 2 aromatic carbocycles. The van der Waals surface area contributed by atoms with Crippen LogP contribution in [0.1, 0.15) is 22.9 Å². The second kappa shape index (κ2) is 12.7. The lowest BCUT2D eigenvalue weighted by Crippen LogP contribution is -2.37. The molecule has 0 aliphatic heterocycles. The van der Waals surface area contributed by atoms with Crippen molar-refractivity contribution in [1.29, 1.82) is 0 Å². The molecular weight excluding hydrogens is 424 g/mol. The van der Waals surface area contributed by atoms with Gasteiger partial charge in [-0.05, 0) is 17.2 Å². The van der Waals surface area contributed by atoms with Crippen molar-refractivity contribution in [1.82, 2.24) is 9.55 Å². The van der Waals surface area contributed by atoms with Crippen LogP contribution in [0.3, 0.4) is 0 Å². The van der Waals surface area contributed by atoms with Gasteiger partial charge in [-0.2, -0.15) is 0 Å². The summed E-state index contributed by atoms with van der Waals surface area (Å²) in [4.78, 5) is 26.3.